The van der Waals surface area contributed by atoms with Crippen molar-refractivity contribution in [2.24, 2.45) is 0 Å². The Morgan fingerprint density at radius 3 is 2.62 bits per heavy atom. The molecule has 0 aromatic heterocycles. The molecule has 1 fully saturated rings. The number of benzene rings is 2. The highest BCUT2D eigenvalue weighted by Gasteiger charge is 2.23. The summed E-state index contributed by atoms with van der Waals surface area (Å²) < 4.78 is 26.8. The standard InChI is InChI=1S/C19H19F2N3O2/c1-12-9-13(4-6-17(12)24-8-7-22-19(24)26)18(25)23(2)11-14-3-5-15(20)10-16(14)21/h3-6,9-10H,7-8,11H2,1-2H3,(H,22,26). The highest BCUT2D eigenvalue weighted by atomic mass is 19.1. The summed E-state index contributed by atoms with van der Waals surface area (Å²) in [5.74, 6) is -1.62. The number of carbonyl (C=O) groups is 2. The number of hydrogen-bond donors (Lipinski definition) is 1. The van der Waals surface area contributed by atoms with Gasteiger partial charge in [0.1, 0.15) is 11.6 Å². The Morgan fingerprint density at radius 2 is 2.00 bits per heavy atom. The van der Waals surface area contributed by atoms with Gasteiger partial charge in [-0.3, -0.25) is 9.69 Å². The fourth-order valence-corrected chi connectivity index (χ4v) is 2.99. The Labute approximate surface area is 150 Å². The van der Waals surface area contributed by atoms with Gasteiger partial charge in [0.15, 0.2) is 0 Å². The van der Waals surface area contributed by atoms with E-state index in [4.69, 9.17) is 0 Å². The molecule has 3 amide bonds. The third-order valence-electron chi connectivity index (χ3n) is 4.36. The lowest BCUT2D eigenvalue weighted by molar-refractivity contribution is 0.0783. The van der Waals surface area contributed by atoms with Gasteiger partial charge in [0, 0.05) is 49.6 Å². The van der Waals surface area contributed by atoms with Gasteiger partial charge in [-0.2, -0.15) is 0 Å². The molecule has 136 valence electrons. The lowest BCUT2D eigenvalue weighted by atomic mass is 10.1. The van der Waals surface area contributed by atoms with Crippen molar-refractivity contribution in [1.82, 2.24) is 10.2 Å². The van der Waals surface area contributed by atoms with E-state index in [0.717, 1.165) is 23.4 Å². The molecule has 1 aliphatic heterocycles. The van der Waals surface area contributed by atoms with Crippen LogP contribution in [-0.2, 0) is 6.54 Å². The largest absolute Gasteiger partial charge is 0.337 e. The number of nitrogens with one attached hydrogen (secondary N) is 1. The summed E-state index contributed by atoms with van der Waals surface area (Å²) in [7, 11) is 1.56. The van der Waals surface area contributed by atoms with Crippen LogP contribution in [0.1, 0.15) is 21.5 Å². The number of carbonyl (C=O) groups excluding carboxylic acids is 2. The van der Waals surface area contributed by atoms with Gasteiger partial charge in [0.25, 0.3) is 5.91 Å². The third-order valence-corrected chi connectivity index (χ3v) is 4.36. The second-order valence-electron chi connectivity index (χ2n) is 6.28. The van der Waals surface area contributed by atoms with Crippen LogP contribution in [0.25, 0.3) is 0 Å². The normalized spacial score (nSPS) is 13.7. The molecule has 0 spiro atoms. The van der Waals surface area contributed by atoms with Crippen molar-refractivity contribution in [2.75, 3.05) is 25.0 Å². The minimum atomic E-state index is -0.684. The first-order chi connectivity index (χ1) is 12.4. The van der Waals surface area contributed by atoms with Crippen LogP contribution in [0.3, 0.4) is 0 Å². The Hall–Kier alpha value is -2.96. The van der Waals surface area contributed by atoms with Gasteiger partial charge in [0.05, 0.1) is 0 Å². The summed E-state index contributed by atoms with van der Waals surface area (Å²) in [5.41, 5.74) is 2.23. The molecule has 2 aromatic carbocycles. The van der Waals surface area contributed by atoms with Crippen LogP contribution in [0, 0.1) is 18.6 Å². The van der Waals surface area contributed by atoms with Crippen molar-refractivity contribution in [2.45, 2.75) is 13.5 Å². The van der Waals surface area contributed by atoms with Gasteiger partial charge in [-0.25, -0.2) is 13.6 Å². The van der Waals surface area contributed by atoms with Gasteiger partial charge >= 0.3 is 6.03 Å². The van der Waals surface area contributed by atoms with Crippen LogP contribution in [-0.4, -0.2) is 37.0 Å². The third kappa shape index (κ3) is 3.51. The zero-order chi connectivity index (χ0) is 18.8. The Bertz CT molecular complexity index is 870. The smallest absolute Gasteiger partial charge is 0.322 e. The van der Waals surface area contributed by atoms with E-state index in [1.165, 1.54) is 11.0 Å². The number of amides is 3. The van der Waals surface area contributed by atoms with Crippen molar-refractivity contribution in [3.8, 4) is 0 Å². The molecule has 0 unspecified atom stereocenters. The molecule has 0 saturated carbocycles. The topological polar surface area (TPSA) is 52.7 Å². The highest BCUT2D eigenvalue weighted by molar-refractivity contribution is 5.97. The summed E-state index contributed by atoms with van der Waals surface area (Å²) in [6.45, 7) is 3.03. The van der Waals surface area contributed by atoms with Gasteiger partial charge in [-0.15, -0.1) is 0 Å². The molecule has 0 atom stereocenters. The Kier molecular flexibility index (Phi) is 4.88. The Balaban J connectivity index is 1.76. The molecule has 3 rings (SSSR count). The number of anilines is 1. The van der Waals surface area contributed by atoms with Gasteiger partial charge in [-0.05, 0) is 36.8 Å². The predicted octanol–water partition coefficient (Wildman–Crippen LogP) is 3.08. The van der Waals surface area contributed by atoms with E-state index in [1.807, 2.05) is 6.92 Å². The molecular weight excluding hydrogens is 340 g/mol. The van der Waals surface area contributed by atoms with Crippen molar-refractivity contribution in [3.63, 3.8) is 0 Å². The van der Waals surface area contributed by atoms with E-state index in [2.05, 4.69) is 5.32 Å². The molecule has 1 heterocycles. The zero-order valence-electron chi connectivity index (χ0n) is 14.6. The van der Waals surface area contributed by atoms with E-state index in [-0.39, 0.29) is 24.0 Å². The summed E-state index contributed by atoms with van der Waals surface area (Å²) >= 11 is 0. The van der Waals surface area contributed by atoms with Gasteiger partial charge in [0.2, 0.25) is 0 Å². The SMILES string of the molecule is Cc1cc(C(=O)N(C)Cc2ccc(F)cc2F)ccc1N1CCNC1=O. The van der Waals surface area contributed by atoms with E-state index in [9.17, 15) is 18.4 Å². The lowest BCUT2D eigenvalue weighted by Crippen LogP contribution is -2.29. The number of urea groups is 1. The summed E-state index contributed by atoms with van der Waals surface area (Å²) in [5, 5.41) is 2.74. The number of nitrogens with zero attached hydrogens (tertiary/aromatic N) is 2. The van der Waals surface area contributed by atoms with Crippen LogP contribution in [0.2, 0.25) is 0 Å². The molecule has 0 bridgehead atoms. The minimum absolute atomic E-state index is 0.0281. The molecule has 1 saturated heterocycles. The van der Waals surface area contributed by atoms with E-state index >= 15 is 0 Å². The molecular formula is C19H19F2N3O2. The average molecular weight is 359 g/mol. The summed E-state index contributed by atoms with van der Waals surface area (Å²) in [6, 6.07) is 8.23. The number of hydrogen-bond acceptors (Lipinski definition) is 2. The summed E-state index contributed by atoms with van der Waals surface area (Å²) in [4.78, 5) is 27.4. The maximum absolute atomic E-state index is 13.8. The average Bonchev–Trinajstić information content (AvgIpc) is 3.02. The first-order valence-electron chi connectivity index (χ1n) is 8.22. The quantitative estimate of drug-likeness (QED) is 0.912. The predicted molar refractivity (Wildman–Crippen MR) is 94.1 cm³/mol. The monoisotopic (exact) mass is 359 g/mol. The number of rotatable bonds is 4. The van der Waals surface area contributed by atoms with Gasteiger partial charge < -0.3 is 10.2 Å². The van der Waals surface area contributed by atoms with E-state index in [0.29, 0.717) is 18.7 Å². The van der Waals surface area contributed by atoms with Crippen molar-refractivity contribution >= 4 is 17.6 Å². The van der Waals surface area contributed by atoms with Crippen molar-refractivity contribution in [1.29, 1.82) is 0 Å². The summed E-state index contributed by atoms with van der Waals surface area (Å²) in [6.07, 6.45) is 0. The number of halogens is 2. The molecule has 26 heavy (non-hydrogen) atoms. The van der Waals surface area contributed by atoms with Crippen LogP contribution < -0.4 is 10.2 Å². The minimum Gasteiger partial charge on any atom is -0.337 e. The maximum Gasteiger partial charge on any atom is 0.322 e. The van der Waals surface area contributed by atoms with Crippen LogP contribution >= 0.6 is 0 Å². The van der Waals surface area contributed by atoms with Crippen molar-refractivity contribution in [3.05, 3.63) is 64.7 Å². The molecule has 0 radical (unpaired) electrons. The molecule has 7 heteroatoms. The zero-order valence-corrected chi connectivity index (χ0v) is 14.6. The fourth-order valence-electron chi connectivity index (χ4n) is 2.99. The van der Waals surface area contributed by atoms with Crippen LogP contribution in [0.15, 0.2) is 36.4 Å². The first-order valence-corrected chi connectivity index (χ1v) is 8.22. The molecule has 1 aliphatic rings. The van der Waals surface area contributed by atoms with E-state index in [1.54, 1.807) is 30.1 Å². The number of aryl methyl sites for hydroxylation is 1. The highest BCUT2D eigenvalue weighted by Crippen LogP contribution is 2.23. The Morgan fingerprint density at radius 1 is 1.23 bits per heavy atom. The fraction of sp³-hybridized carbons (Fsp3) is 0.263. The van der Waals surface area contributed by atoms with E-state index < -0.39 is 11.6 Å². The second-order valence-corrected chi connectivity index (χ2v) is 6.28. The van der Waals surface area contributed by atoms with Gasteiger partial charge in [-0.1, -0.05) is 6.07 Å². The molecule has 1 N–H and O–H groups in total. The first kappa shape index (κ1) is 17.8. The van der Waals surface area contributed by atoms with Crippen LogP contribution in [0.4, 0.5) is 19.3 Å². The molecule has 2 aromatic rings. The van der Waals surface area contributed by atoms with Crippen LogP contribution in [0.5, 0.6) is 0 Å². The second kappa shape index (κ2) is 7.11. The molecule has 5 nitrogen and oxygen atoms in total. The lowest BCUT2D eigenvalue weighted by Gasteiger charge is -2.20. The molecule has 0 aliphatic carbocycles. The maximum atomic E-state index is 13.8. The van der Waals surface area contributed by atoms with Crippen molar-refractivity contribution < 1.29 is 18.4 Å².